The summed E-state index contributed by atoms with van der Waals surface area (Å²) in [4.78, 5) is 11.0. The minimum atomic E-state index is -0.305. The third-order valence-electron chi connectivity index (χ3n) is 1.21. The molecule has 3 heteroatoms. The van der Waals surface area contributed by atoms with E-state index in [1.54, 1.807) is 24.3 Å². The number of hydrogen-bond acceptors (Lipinski definition) is 2. The molecule has 0 atom stereocenters. The van der Waals surface area contributed by atoms with Crippen LogP contribution in [0.4, 0.5) is 0 Å². The van der Waals surface area contributed by atoms with Crippen LogP contribution >= 0.6 is 0 Å². The van der Waals surface area contributed by atoms with Gasteiger partial charge in [0.15, 0.2) is 0 Å². The zero-order valence-corrected chi connectivity index (χ0v) is 6.91. The van der Waals surface area contributed by atoms with Crippen molar-refractivity contribution in [3.8, 4) is 0 Å². The molecule has 0 fully saturated rings. The molecular formula is C8H7O2Si. The van der Waals surface area contributed by atoms with Gasteiger partial charge in [-0.15, -0.1) is 0 Å². The fourth-order valence-corrected chi connectivity index (χ4v) is 0.854. The molecule has 0 bridgehead atoms. The Hall–Kier alpha value is -1.09. The van der Waals surface area contributed by atoms with Crippen molar-refractivity contribution < 1.29 is 9.53 Å². The molecule has 55 valence electrons. The Kier molecular flexibility index (Phi) is 2.86. The third-order valence-corrected chi connectivity index (χ3v) is 1.36. The third kappa shape index (κ3) is 2.20. The zero-order chi connectivity index (χ0) is 8.10. The molecule has 0 saturated heterocycles. The highest BCUT2D eigenvalue weighted by Gasteiger charge is 2.02. The van der Waals surface area contributed by atoms with Crippen molar-refractivity contribution in [2.45, 2.75) is 0 Å². The zero-order valence-electron chi connectivity index (χ0n) is 5.91. The largest absolute Gasteiger partial charge is 0.467 e. The fraction of sp³-hybridized carbons (Fsp3) is 0.125. The van der Waals surface area contributed by atoms with Crippen molar-refractivity contribution in [2.24, 2.45) is 0 Å². The van der Waals surface area contributed by atoms with E-state index in [1.165, 1.54) is 0 Å². The highest BCUT2D eigenvalue weighted by atomic mass is 28.1. The molecule has 0 aliphatic carbocycles. The van der Waals surface area contributed by atoms with Crippen molar-refractivity contribution in [3.63, 3.8) is 0 Å². The number of esters is 1. The van der Waals surface area contributed by atoms with Crippen LogP contribution < -0.4 is 0 Å². The summed E-state index contributed by atoms with van der Waals surface area (Å²) in [6.45, 7) is 0. The molecule has 11 heavy (non-hydrogen) atoms. The molecule has 2 nitrogen and oxygen atoms in total. The Morgan fingerprint density at radius 3 is 2.55 bits per heavy atom. The molecule has 0 saturated carbocycles. The van der Waals surface area contributed by atoms with E-state index in [2.05, 4.69) is 10.2 Å². The first-order valence-corrected chi connectivity index (χ1v) is 3.92. The second-order valence-corrected chi connectivity index (χ2v) is 2.23. The molecule has 0 aromatic heterocycles. The van der Waals surface area contributed by atoms with E-state index >= 15 is 0 Å². The predicted octanol–water partition coefficient (Wildman–Crippen LogP) is 0.969. The lowest BCUT2D eigenvalue weighted by Crippen LogP contribution is -2.05. The standard InChI is InChI=1S/C8H7O2Si/c9-8(10-6-11)7-4-2-1-3-5-7/h1-5H,6H2. The van der Waals surface area contributed by atoms with E-state index in [4.69, 9.17) is 4.74 Å². The van der Waals surface area contributed by atoms with Crippen LogP contribution in [0.3, 0.4) is 0 Å². The molecule has 0 amide bonds. The normalized spacial score (nSPS) is 9.18. The minimum absolute atomic E-state index is 0.230. The van der Waals surface area contributed by atoms with Gasteiger partial charge in [0.25, 0.3) is 0 Å². The maximum Gasteiger partial charge on any atom is 0.337 e. The van der Waals surface area contributed by atoms with E-state index in [9.17, 15) is 4.79 Å². The van der Waals surface area contributed by atoms with Crippen LogP contribution in [-0.2, 0) is 4.74 Å². The molecular weight excluding hydrogens is 156 g/mol. The molecule has 3 radical (unpaired) electrons. The number of hydrogen-bond donors (Lipinski definition) is 0. The highest BCUT2D eigenvalue weighted by Crippen LogP contribution is 1.99. The second kappa shape index (κ2) is 3.93. The van der Waals surface area contributed by atoms with Crippen LogP contribution in [0.25, 0.3) is 0 Å². The lowest BCUT2D eigenvalue weighted by atomic mass is 10.2. The summed E-state index contributed by atoms with van der Waals surface area (Å²) in [6, 6.07) is 8.87. The Balaban J connectivity index is 2.69. The quantitative estimate of drug-likeness (QED) is 0.479. The van der Waals surface area contributed by atoms with E-state index in [0.29, 0.717) is 5.56 Å². The predicted molar refractivity (Wildman–Crippen MR) is 42.5 cm³/mol. The summed E-state index contributed by atoms with van der Waals surface area (Å²) in [5.74, 6) is -0.305. The van der Waals surface area contributed by atoms with Gasteiger partial charge < -0.3 is 4.74 Å². The van der Waals surface area contributed by atoms with Crippen molar-refractivity contribution in [1.82, 2.24) is 0 Å². The highest BCUT2D eigenvalue weighted by molar-refractivity contribution is 6.09. The van der Waals surface area contributed by atoms with Gasteiger partial charge in [-0.05, 0) is 12.1 Å². The van der Waals surface area contributed by atoms with Gasteiger partial charge in [-0.1, -0.05) is 18.2 Å². The van der Waals surface area contributed by atoms with Gasteiger partial charge in [0.1, 0.15) is 0 Å². The second-order valence-electron chi connectivity index (χ2n) is 1.94. The van der Waals surface area contributed by atoms with E-state index in [1.807, 2.05) is 6.07 Å². The smallest absolute Gasteiger partial charge is 0.337 e. The van der Waals surface area contributed by atoms with Gasteiger partial charge in [0.05, 0.1) is 22.0 Å². The fourth-order valence-electron chi connectivity index (χ4n) is 0.723. The van der Waals surface area contributed by atoms with E-state index in [-0.39, 0.29) is 12.2 Å². The lowest BCUT2D eigenvalue weighted by molar-refractivity contribution is 0.0573. The Morgan fingerprint density at radius 1 is 1.36 bits per heavy atom. The summed E-state index contributed by atoms with van der Waals surface area (Å²) in [6.07, 6.45) is 0.230. The van der Waals surface area contributed by atoms with Crippen molar-refractivity contribution in [1.29, 1.82) is 0 Å². The number of rotatable bonds is 2. The number of carbonyl (C=O) groups is 1. The maximum atomic E-state index is 11.0. The summed E-state index contributed by atoms with van der Waals surface area (Å²) >= 11 is 0. The molecule has 0 aliphatic heterocycles. The SMILES string of the molecule is O=C(OC[Si])c1ccccc1. The molecule has 0 spiro atoms. The van der Waals surface area contributed by atoms with Crippen LogP contribution in [-0.4, -0.2) is 22.4 Å². The lowest BCUT2D eigenvalue weighted by Gasteiger charge is -1.99. The Morgan fingerprint density at radius 2 is 2.00 bits per heavy atom. The molecule has 0 aliphatic rings. The van der Waals surface area contributed by atoms with E-state index < -0.39 is 0 Å². The van der Waals surface area contributed by atoms with E-state index in [0.717, 1.165) is 0 Å². The van der Waals surface area contributed by atoms with Gasteiger partial charge in [-0.2, -0.15) is 0 Å². The van der Waals surface area contributed by atoms with Gasteiger partial charge in [0.2, 0.25) is 0 Å². The summed E-state index contributed by atoms with van der Waals surface area (Å²) in [7, 11) is 3.05. The van der Waals surface area contributed by atoms with Crippen LogP contribution in [0.2, 0.25) is 0 Å². The molecule has 0 unspecified atom stereocenters. The topological polar surface area (TPSA) is 26.3 Å². The van der Waals surface area contributed by atoms with Gasteiger partial charge in [-0.3, -0.25) is 0 Å². The molecule has 0 N–H and O–H groups in total. The first-order valence-electron chi connectivity index (χ1n) is 3.21. The van der Waals surface area contributed by atoms with Gasteiger partial charge in [0, 0.05) is 0 Å². The maximum absolute atomic E-state index is 11.0. The van der Waals surface area contributed by atoms with Gasteiger partial charge >= 0.3 is 5.97 Å². The first-order chi connectivity index (χ1) is 5.34. The van der Waals surface area contributed by atoms with Crippen molar-refractivity contribution >= 4 is 16.2 Å². The summed E-state index contributed by atoms with van der Waals surface area (Å²) in [5.41, 5.74) is 0.575. The molecule has 1 rings (SSSR count). The van der Waals surface area contributed by atoms with Crippen LogP contribution in [0.1, 0.15) is 10.4 Å². The van der Waals surface area contributed by atoms with Crippen LogP contribution in [0.5, 0.6) is 0 Å². The molecule has 1 aromatic rings. The average Bonchev–Trinajstić information content (AvgIpc) is 2.07. The Labute approximate surface area is 68.6 Å². The summed E-state index contributed by atoms with van der Waals surface area (Å²) < 4.78 is 4.70. The van der Waals surface area contributed by atoms with Crippen LogP contribution in [0, 0.1) is 0 Å². The number of benzene rings is 1. The van der Waals surface area contributed by atoms with Crippen LogP contribution in [0.15, 0.2) is 30.3 Å². The van der Waals surface area contributed by atoms with Crippen molar-refractivity contribution in [3.05, 3.63) is 35.9 Å². The first kappa shape index (κ1) is 8.01. The minimum Gasteiger partial charge on any atom is -0.467 e. The number of ether oxygens (including phenoxy) is 1. The molecule has 0 heterocycles. The Bertz CT molecular complexity index is 233. The molecule has 1 aromatic carbocycles. The van der Waals surface area contributed by atoms with Gasteiger partial charge in [-0.25, -0.2) is 4.79 Å². The number of carbonyl (C=O) groups excluding carboxylic acids is 1. The monoisotopic (exact) mass is 163 g/mol. The summed E-state index contributed by atoms with van der Waals surface area (Å²) in [5, 5.41) is 0. The van der Waals surface area contributed by atoms with Crippen molar-refractivity contribution in [2.75, 3.05) is 6.23 Å². The average molecular weight is 163 g/mol.